The zero-order valence-electron chi connectivity index (χ0n) is 19.1. The lowest BCUT2D eigenvalue weighted by molar-refractivity contribution is 0.210. The van der Waals surface area contributed by atoms with Gasteiger partial charge in [-0.3, -0.25) is 0 Å². The van der Waals surface area contributed by atoms with E-state index in [4.69, 9.17) is 26.1 Å². The van der Waals surface area contributed by atoms with E-state index in [1.807, 2.05) is 56.3 Å². The molecule has 1 atom stereocenters. The molecule has 0 fully saturated rings. The van der Waals surface area contributed by atoms with Crippen molar-refractivity contribution in [3.05, 3.63) is 88.2 Å². The zero-order valence-corrected chi connectivity index (χ0v) is 19.8. The van der Waals surface area contributed by atoms with Crippen molar-refractivity contribution in [1.82, 2.24) is 9.55 Å². The highest BCUT2D eigenvalue weighted by atomic mass is 35.5. The van der Waals surface area contributed by atoms with E-state index in [0.29, 0.717) is 6.61 Å². The lowest BCUT2D eigenvalue weighted by atomic mass is 10.1. The summed E-state index contributed by atoms with van der Waals surface area (Å²) in [4.78, 5) is 4.88. The zero-order chi connectivity index (χ0) is 22.7. The van der Waals surface area contributed by atoms with E-state index < -0.39 is 0 Å². The summed E-state index contributed by atoms with van der Waals surface area (Å²) in [5.74, 6) is 2.61. The van der Waals surface area contributed by atoms with Crippen LogP contribution < -0.4 is 9.47 Å². The molecular weight excluding hydrogens is 420 g/mol. The number of aromatic nitrogens is 2. The number of fused-ring (bicyclic) bond motifs is 1. The Morgan fingerprint density at radius 3 is 2.44 bits per heavy atom. The Morgan fingerprint density at radius 2 is 1.66 bits per heavy atom. The van der Waals surface area contributed by atoms with Crippen LogP contribution in [0.4, 0.5) is 0 Å². The lowest BCUT2D eigenvalue weighted by Gasteiger charge is -2.17. The van der Waals surface area contributed by atoms with E-state index in [-0.39, 0.29) is 6.10 Å². The number of hydrogen-bond donors (Lipinski definition) is 0. The average molecular weight is 449 g/mol. The second kappa shape index (κ2) is 9.66. The number of rotatable bonds is 8. The van der Waals surface area contributed by atoms with Crippen LogP contribution in [0.2, 0.25) is 5.02 Å². The van der Waals surface area contributed by atoms with Crippen LogP contribution >= 0.6 is 11.6 Å². The van der Waals surface area contributed by atoms with Gasteiger partial charge in [0.25, 0.3) is 0 Å². The standard InChI is InChI=1S/C27H29ClN2O2/c1-18-10-11-22(16-19(18)2)31-15-7-14-30-26-9-6-5-8-25(26)29-27(30)21(4)32-23-12-13-24(28)20(3)17-23/h5-6,8-13,16-17,21H,7,14-15H2,1-4H3. The molecule has 4 aromatic rings. The Morgan fingerprint density at radius 1 is 0.906 bits per heavy atom. The molecule has 3 aromatic carbocycles. The van der Waals surface area contributed by atoms with Crippen molar-refractivity contribution in [1.29, 1.82) is 0 Å². The molecule has 0 saturated carbocycles. The van der Waals surface area contributed by atoms with E-state index in [1.54, 1.807) is 0 Å². The first-order chi connectivity index (χ1) is 15.4. The molecule has 1 aromatic heterocycles. The number of aryl methyl sites for hydroxylation is 4. The predicted octanol–water partition coefficient (Wildman–Crippen LogP) is 7.22. The summed E-state index contributed by atoms with van der Waals surface area (Å²) >= 11 is 6.16. The topological polar surface area (TPSA) is 36.3 Å². The molecule has 4 nitrogen and oxygen atoms in total. The molecule has 0 amide bonds. The monoisotopic (exact) mass is 448 g/mol. The summed E-state index contributed by atoms with van der Waals surface area (Å²) in [5.41, 5.74) is 5.59. The van der Waals surface area contributed by atoms with Crippen LogP contribution in [0, 0.1) is 20.8 Å². The van der Waals surface area contributed by atoms with Gasteiger partial charge in [-0.2, -0.15) is 0 Å². The maximum Gasteiger partial charge on any atom is 0.153 e. The molecular formula is C27H29ClN2O2. The van der Waals surface area contributed by atoms with Gasteiger partial charge in [0.1, 0.15) is 11.5 Å². The Balaban J connectivity index is 1.49. The summed E-state index contributed by atoms with van der Waals surface area (Å²) in [5, 5.41) is 0.737. The minimum Gasteiger partial charge on any atom is -0.494 e. The van der Waals surface area contributed by atoms with Crippen LogP contribution in [0.1, 0.15) is 42.0 Å². The molecule has 0 spiro atoms. The van der Waals surface area contributed by atoms with Crippen LogP contribution in [-0.2, 0) is 6.54 Å². The third kappa shape index (κ3) is 4.91. The minimum atomic E-state index is -0.205. The van der Waals surface area contributed by atoms with E-state index in [0.717, 1.165) is 51.9 Å². The molecule has 0 bridgehead atoms. The predicted molar refractivity (Wildman–Crippen MR) is 131 cm³/mol. The van der Waals surface area contributed by atoms with Gasteiger partial charge >= 0.3 is 0 Å². The number of benzene rings is 3. The van der Waals surface area contributed by atoms with Crippen molar-refractivity contribution >= 4 is 22.6 Å². The highest BCUT2D eigenvalue weighted by molar-refractivity contribution is 6.31. The van der Waals surface area contributed by atoms with E-state index in [1.165, 1.54) is 11.1 Å². The molecule has 0 aliphatic heterocycles. The first kappa shape index (κ1) is 22.2. The molecule has 0 N–H and O–H groups in total. The van der Waals surface area contributed by atoms with Crippen molar-refractivity contribution in [3.8, 4) is 11.5 Å². The van der Waals surface area contributed by atoms with Crippen LogP contribution in [-0.4, -0.2) is 16.2 Å². The van der Waals surface area contributed by atoms with Gasteiger partial charge in [0.2, 0.25) is 0 Å². The third-order valence-electron chi connectivity index (χ3n) is 5.76. The molecule has 0 radical (unpaired) electrons. The smallest absolute Gasteiger partial charge is 0.153 e. The fraction of sp³-hybridized carbons (Fsp3) is 0.296. The Labute approximate surface area is 194 Å². The van der Waals surface area contributed by atoms with Gasteiger partial charge in [-0.15, -0.1) is 0 Å². The van der Waals surface area contributed by atoms with Crippen LogP contribution in [0.3, 0.4) is 0 Å². The number of halogens is 1. The van der Waals surface area contributed by atoms with Gasteiger partial charge < -0.3 is 14.0 Å². The van der Waals surface area contributed by atoms with Crippen molar-refractivity contribution < 1.29 is 9.47 Å². The normalized spacial score (nSPS) is 12.2. The maximum absolute atomic E-state index is 6.23. The molecule has 0 aliphatic carbocycles. The number of nitrogens with zero attached hydrogens (tertiary/aromatic N) is 2. The number of imidazole rings is 1. The number of hydrogen-bond acceptors (Lipinski definition) is 3. The molecule has 166 valence electrons. The Kier molecular flexibility index (Phi) is 6.71. The van der Waals surface area contributed by atoms with Crippen molar-refractivity contribution in [2.45, 2.75) is 46.8 Å². The highest BCUT2D eigenvalue weighted by Crippen LogP contribution is 2.28. The first-order valence-corrected chi connectivity index (χ1v) is 11.4. The van der Waals surface area contributed by atoms with Crippen LogP contribution in [0.25, 0.3) is 11.0 Å². The van der Waals surface area contributed by atoms with Gasteiger partial charge in [-0.05, 0) is 93.3 Å². The minimum absolute atomic E-state index is 0.205. The highest BCUT2D eigenvalue weighted by Gasteiger charge is 2.18. The SMILES string of the molecule is Cc1ccc(OCCCn2c(C(C)Oc3ccc(Cl)c(C)c3)nc3ccccc32)cc1C. The summed E-state index contributed by atoms with van der Waals surface area (Å²) < 4.78 is 14.5. The van der Waals surface area contributed by atoms with Gasteiger partial charge in [-0.25, -0.2) is 4.98 Å². The van der Waals surface area contributed by atoms with Gasteiger partial charge in [0.05, 0.1) is 17.6 Å². The Bertz CT molecular complexity index is 1230. The van der Waals surface area contributed by atoms with E-state index in [9.17, 15) is 0 Å². The molecule has 4 rings (SSSR count). The van der Waals surface area contributed by atoms with E-state index in [2.05, 4.69) is 36.6 Å². The lowest BCUT2D eigenvalue weighted by Crippen LogP contribution is -2.13. The molecule has 0 saturated heterocycles. The van der Waals surface area contributed by atoms with Gasteiger partial charge in [-0.1, -0.05) is 29.8 Å². The Hall–Kier alpha value is -2.98. The summed E-state index contributed by atoms with van der Waals surface area (Å²) in [6.07, 6.45) is 0.663. The van der Waals surface area contributed by atoms with Crippen LogP contribution in [0.5, 0.6) is 11.5 Å². The second-order valence-corrected chi connectivity index (χ2v) is 8.64. The van der Waals surface area contributed by atoms with Gasteiger partial charge in [0.15, 0.2) is 11.9 Å². The van der Waals surface area contributed by atoms with Crippen molar-refractivity contribution in [3.63, 3.8) is 0 Å². The largest absolute Gasteiger partial charge is 0.494 e. The average Bonchev–Trinajstić information content (AvgIpc) is 3.15. The van der Waals surface area contributed by atoms with E-state index >= 15 is 0 Å². The fourth-order valence-electron chi connectivity index (χ4n) is 3.80. The summed E-state index contributed by atoms with van der Waals surface area (Å²) in [6.45, 7) is 9.67. The maximum atomic E-state index is 6.23. The van der Waals surface area contributed by atoms with Crippen LogP contribution in [0.15, 0.2) is 60.7 Å². The molecule has 0 aliphatic rings. The molecule has 1 unspecified atom stereocenters. The second-order valence-electron chi connectivity index (χ2n) is 8.23. The third-order valence-corrected chi connectivity index (χ3v) is 6.19. The van der Waals surface area contributed by atoms with Crippen molar-refractivity contribution in [2.24, 2.45) is 0 Å². The van der Waals surface area contributed by atoms with Crippen molar-refractivity contribution in [2.75, 3.05) is 6.61 Å². The summed E-state index contributed by atoms with van der Waals surface area (Å²) in [6, 6.07) is 20.2. The quantitative estimate of drug-likeness (QED) is 0.267. The number of para-hydroxylation sites is 2. The molecule has 1 heterocycles. The fourth-order valence-corrected chi connectivity index (χ4v) is 3.92. The first-order valence-electron chi connectivity index (χ1n) is 11.0. The molecule has 5 heteroatoms. The van der Waals surface area contributed by atoms with Gasteiger partial charge in [0, 0.05) is 11.6 Å². The summed E-state index contributed by atoms with van der Waals surface area (Å²) in [7, 11) is 0. The number of ether oxygens (including phenoxy) is 2. The molecule has 32 heavy (non-hydrogen) atoms.